The lowest BCUT2D eigenvalue weighted by Gasteiger charge is -2.06. The first-order valence-electron chi connectivity index (χ1n) is 13.5. The molecule has 1 aromatic rings. The van der Waals surface area contributed by atoms with Crippen molar-refractivity contribution in [3.63, 3.8) is 0 Å². The summed E-state index contributed by atoms with van der Waals surface area (Å²) >= 11 is 0. The van der Waals surface area contributed by atoms with Crippen molar-refractivity contribution in [3.05, 3.63) is 96.4 Å². The minimum Gasteiger partial charge on any atom is -0.354 e. The molecular formula is C32H45N3O2. The normalized spacial score (nSPS) is 12.3. The van der Waals surface area contributed by atoms with Gasteiger partial charge in [-0.15, -0.1) is 0 Å². The molecule has 200 valence electrons. The first-order valence-corrected chi connectivity index (χ1v) is 13.5. The fourth-order valence-electron chi connectivity index (χ4n) is 3.19. The second-order valence-electron chi connectivity index (χ2n) is 8.64. The van der Waals surface area contributed by atoms with Crippen LogP contribution in [0.15, 0.2) is 85.2 Å². The molecule has 1 aromatic heterocycles. The summed E-state index contributed by atoms with van der Waals surface area (Å²) < 4.78 is 0. The van der Waals surface area contributed by atoms with Gasteiger partial charge in [-0.2, -0.15) is 0 Å². The fraction of sp³-hybridized carbons (Fsp3) is 0.406. The summed E-state index contributed by atoms with van der Waals surface area (Å²) in [5, 5.41) is 5.66. The van der Waals surface area contributed by atoms with E-state index in [1.54, 1.807) is 6.20 Å². The summed E-state index contributed by atoms with van der Waals surface area (Å²) in [6.45, 7) is 4.96. The third-order valence-electron chi connectivity index (χ3n) is 5.25. The van der Waals surface area contributed by atoms with Crippen molar-refractivity contribution in [1.29, 1.82) is 0 Å². The van der Waals surface area contributed by atoms with Crippen molar-refractivity contribution < 1.29 is 9.59 Å². The molecule has 0 unspecified atom stereocenters. The Bertz CT molecular complexity index is 922. The quantitative estimate of drug-likeness (QED) is 0.159. The molecule has 0 saturated carbocycles. The van der Waals surface area contributed by atoms with Crippen LogP contribution >= 0.6 is 0 Å². The number of carbonyl (C=O) groups is 2. The van der Waals surface area contributed by atoms with E-state index in [0.29, 0.717) is 25.9 Å². The second kappa shape index (κ2) is 23.0. The predicted molar refractivity (Wildman–Crippen MR) is 157 cm³/mol. The molecule has 0 saturated heterocycles. The lowest BCUT2D eigenvalue weighted by atomic mass is 10.2. The number of nitrogens with zero attached hydrogens (tertiary/aromatic N) is 1. The molecule has 5 heteroatoms. The van der Waals surface area contributed by atoms with Gasteiger partial charge in [-0.05, 0) is 63.5 Å². The van der Waals surface area contributed by atoms with E-state index >= 15 is 0 Å². The highest BCUT2D eigenvalue weighted by atomic mass is 16.2. The van der Waals surface area contributed by atoms with Crippen molar-refractivity contribution in [1.82, 2.24) is 15.6 Å². The highest BCUT2D eigenvalue weighted by Crippen LogP contribution is 2.02. The number of nitrogens with one attached hydrogen (secondary N) is 2. The first-order chi connectivity index (χ1) is 18.1. The Morgan fingerprint density at radius 2 is 1.32 bits per heavy atom. The molecule has 0 atom stereocenters. The molecule has 0 aliphatic carbocycles. The van der Waals surface area contributed by atoms with Crippen LogP contribution in [0.1, 0.15) is 76.0 Å². The zero-order chi connectivity index (χ0) is 26.8. The van der Waals surface area contributed by atoms with Gasteiger partial charge < -0.3 is 10.6 Å². The van der Waals surface area contributed by atoms with Crippen LogP contribution in [0.4, 0.5) is 0 Å². The number of hydrogen-bond donors (Lipinski definition) is 2. The van der Waals surface area contributed by atoms with E-state index < -0.39 is 0 Å². The van der Waals surface area contributed by atoms with Crippen LogP contribution in [0.5, 0.6) is 0 Å². The van der Waals surface area contributed by atoms with Gasteiger partial charge in [0, 0.05) is 37.8 Å². The van der Waals surface area contributed by atoms with Crippen LogP contribution in [0.25, 0.3) is 6.08 Å². The average molecular weight is 504 g/mol. The van der Waals surface area contributed by atoms with Crippen molar-refractivity contribution in [3.8, 4) is 0 Å². The highest BCUT2D eigenvalue weighted by molar-refractivity contribution is 5.78. The van der Waals surface area contributed by atoms with Crippen molar-refractivity contribution in [2.75, 3.05) is 13.1 Å². The van der Waals surface area contributed by atoms with Gasteiger partial charge in [0.1, 0.15) is 0 Å². The van der Waals surface area contributed by atoms with Gasteiger partial charge in [-0.25, -0.2) is 0 Å². The Kier molecular flexibility index (Phi) is 19.6. The monoisotopic (exact) mass is 503 g/mol. The minimum absolute atomic E-state index is 0.0216. The highest BCUT2D eigenvalue weighted by Gasteiger charge is 2.01. The molecule has 0 spiro atoms. The van der Waals surface area contributed by atoms with Crippen LogP contribution in [0.2, 0.25) is 0 Å². The van der Waals surface area contributed by atoms with E-state index in [1.807, 2.05) is 31.2 Å². The molecule has 0 radical (unpaired) electrons. The molecule has 0 aliphatic rings. The summed E-state index contributed by atoms with van der Waals surface area (Å²) in [5.41, 5.74) is 1.93. The van der Waals surface area contributed by atoms with Crippen molar-refractivity contribution in [2.24, 2.45) is 0 Å². The molecule has 37 heavy (non-hydrogen) atoms. The number of aromatic nitrogens is 1. The molecule has 1 rings (SSSR count). The lowest BCUT2D eigenvalue weighted by Crippen LogP contribution is -2.34. The maximum atomic E-state index is 11.9. The Hall–Kier alpha value is -3.47. The summed E-state index contributed by atoms with van der Waals surface area (Å²) in [6, 6.07) is 3.90. The first kappa shape index (κ1) is 31.6. The third-order valence-corrected chi connectivity index (χ3v) is 5.25. The third kappa shape index (κ3) is 20.4. The van der Waals surface area contributed by atoms with Crippen LogP contribution in [0.3, 0.4) is 0 Å². The standard InChI is InChI=1S/C32H45N3O2/c1-3-4-5-6-7-8-9-10-11-12-13-14-15-16-17-18-19-22-31(36)33-26-27-34-32(37)23-20-21-30-25-24-29(2)35-28-30/h4-5,7-8,10-11,13-14,16-17,20-21,24-25,28H,3,6,9,12,15,18-19,22-23,26-27H2,1-2H3,(H,33,36)(H,34,37)/b5-4-,8-7-,11-10-,14-13-,17-16-,21-20+. The van der Waals surface area contributed by atoms with Gasteiger partial charge in [-0.3, -0.25) is 14.6 Å². The molecule has 0 fully saturated rings. The number of allylic oxidation sites excluding steroid dienone is 10. The van der Waals surface area contributed by atoms with E-state index in [0.717, 1.165) is 56.2 Å². The lowest BCUT2D eigenvalue weighted by molar-refractivity contribution is -0.122. The number of carbonyl (C=O) groups excluding carboxylic acids is 2. The molecular weight excluding hydrogens is 458 g/mol. The van der Waals surface area contributed by atoms with E-state index in [2.05, 4.69) is 83.3 Å². The average Bonchev–Trinajstić information content (AvgIpc) is 2.89. The number of aryl methyl sites for hydroxylation is 1. The molecule has 1 heterocycles. The molecule has 0 aliphatic heterocycles. The largest absolute Gasteiger partial charge is 0.354 e. The van der Waals surface area contributed by atoms with Gasteiger partial charge in [0.15, 0.2) is 0 Å². The zero-order valence-corrected chi connectivity index (χ0v) is 22.7. The van der Waals surface area contributed by atoms with Gasteiger partial charge in [0.05, 0.1) is 0 Å². The van der Waals surface area contributed by atoms with Crippen LogP contribution < -0.4 is 10.6 Å². The molecule has 2 amide bonds. The van der Waals surface area contributed by atoms with Crippen molar-refractivity contribution >= 4 is 17.9 Å². The number of hydrogen-bond acceptors (Lipinski definition) is 3. The SMILES string of the molecule is CC/C=C\C/C=C\C/C=C\C/C=C\C/C=C\CCCC(=O)NCCNC(=O)C/C=C/c1ccc(C)nc1. The van der Waals surface area contributed by atoms with E-state index in [9.17, 15) is 9.59 Å². The Morgan fingerprint density at radius 1 is 0.757 bits per heavy atom. The number of rotatable bonds is 19. The van der Waals surface area contributed by atoms with Crippen LogP contribution in [-0.4, -0.2) is 29.9 Å². The number of unbranched alkanes of at least 4 members (excludes halogenated alkanes) is 1. The molecule has 5 nitrogen and oxygen atoms in total. The van der Waals surface area contributed by atoms with Crippen molar-refractivity contribution in [2.45, 2.75) is 71.6 Å². The van der Waals surface area contributed by atoms with Gasteiger partial charge in [0.25, 0.3) is 0 Å². The van der Waals surface area contributed by atoms with E-state index in [4.69, 9.17) is 0 Å². The van der Waals surface area contributed by atoms with E-state index in [-0.39, 0.29) is 11.8 Å². The molecule has 0 bridgehead atoms. The predicted octanol–water partition coefficient (Wildman–Crippen LogP) is 6.95. The van der Waals surface area contributed by atoms with Crippen LogP contribution in [-0.2, 0) is 9.59 Å². The van der Waals surface area contributed by atoms with Gasteiger partial charge >= 0.3 is 0 Å². The fourth-order valence-corrected chi connectivity index (χ4v) is 3.19. The summed E-state index contributed by atoms with van der Waals surface area (Å²) in [7, 11) is 0. The summed E-state index contributed by atoms with van der Waals surface area (Å²) in [4.78, 5) is 28.0. The molecule has 0 aromatic carbocycles. The Labute approximate surface area is 224 Å². The zero-order valence-electron chi connectivity index (χ0n) is 22.7. The Morgan fingerprint density at radius 3 is 1.89 bits per heavy atom. The molecule has 2 N–H and O–H groups in total. The minimum atomic E-state index is -0.0658. The van der Waals surface area contributed by atoms with Gasteiger partial charge in [-0.1, -0.05) is 85.9 Å². The maximum absolute atomic E-state index is 11.9. The summed E-state index contributed by atoms with van der Waals surface area (Å²) in [5.74, 6) is -0.0441. The second-order valence-corrected chi connectivity index (χ2v) is 8.64. The maximum Gasteiger partial charge on any atom is 0.223 e. The van der Waals surface area contributed by atoms with Gasteiger partial charge in [0.2, 0.25) is 11.8 Å². The Balaban J connectivity index is 1.96. The number of amides is 2. The smallest absolute Gasteiger partial charge is 0.223 e. The number of pyridine rings is 1. The van der Waals surface area contributed by atoms with Crippen LogP contribution in [0, 0.1) is 6.92 Å². The summed E-state index contributed by atoms with van der Waals surface area (Å²) in [6.07, 6.45) is 34.8. The topological polar surface area (TPSA) is 71.1 Å². The van der Waals surface area contributed by atoms with E-state index in [1.165, 1.54) is 0 Å².